The summed E-state index contributed by atoms with van der Waals surface area (Å²) in [6.07, 6.45) is 2.61. The molecule has 2 N–H and O–H groups in total. The molecule has 0 saturated carbocycles. The fourth-order valence-electron chi connectivity index (χ4n) is 2.36. The molecule has 1 unspecified atom stereocenters. The van der Waals surface area contributed by atoms with Crippen LogP contribution in [0.2, 0.25) is 0 Å². The van der Waals surface area contributed by atoms with Gasteiger partial charge in [0.1, 0.15) is 17.6 Å². The zero-order valence-electron chi connectivity index (χ0n) is 15.7. The Bertz CT molecular complexity index is 677. The minimum Gasteiger partial charge on any atom is -0.497 e. The highest BCUT2D eigenvalue weighted by Gasteiger charge is 2.06. The van der Waals surface area contributed by atoms with Crippen molar-refractivity contribution in [1.82, 2.24) is 15.6 Å². The zero-order chi connectivity index (χ0) is 18.6. The molecular formula is C20H28N4O2. The SMILES string of the molecule is CCNC(=NCC(C)Oc1cccc(OC)c1)NCCc1ccccn1. The van der Waals surface area contributed by atoms with Crippen molar-refractivity contribution in [3.8, 4) is 11.5 Å². The number of hydrogen-bond acceptors (Lipinski definition) is 4. The van der Waals surface area contributed by atoms with Crippen LogP contribution in [0.5, 0.6) is 11.5 Å². The van der Waals surface area contributed by atoms with Crippen LogP contribution in [0.4, 0.5) is 0 Å². The average molecular weight is 356 g/mol. The first kappa shape index (κ1) is 19.6. The number of ether oxygens (including phenoxy) is 2. The Labute approximate surface area is 155 Å². The molecule has 0 aliphatic carbocycles. The Balaban J connectivity index is 1.82. The Hall–Kier alpha value is -2.76. The number of benzene rings is 1. The first-order valence-corrected chi connectivity index (χ1v) is 8.94. The van der Waals surface area contributed by atoms with Crippen molar-refractivity contribution in [1.29, 1.82) is 0 Å². The number of aliphatic imine (C=N–C) groups is 1. The van der Waals surface area contributed by atoms with E-state index in [4.69, 9.17) is 9.47 Å². The Morgan fingerprint density at radius 3 is 2.73 bits per heavy atom. The first-order chi connectivity index (χ1) is 12.7. The smallest absolute Gasteiger partial charge is 0.191 e. The summed E-state index contributed by atoms with van der Waals surface area (Å²) in [6, 6.07) is 13.5. The van der Waals surface area contributed by atoms with Gasteiger partial charge in [-0.25, -0.2) is 4.99 Å². The molecule has 1 heterocycles. The van der Waals surface area contributed by atoms with Gasteiger partial charge >= 0.3 is 0 Å². The molecule has 0 bridgehead atoms. The summed E-state index contributed by atoms with van der Waals surface area (Å²) in [4.78, 5) is 8.93. The molecule has 6 heteroatoms. The van der Waals surface area contributed by atoms with Crippen molar-refractivity contribution in [3.63, 3.8) is 0 Å². The van der Waals surface area contributed by atoms with Crippen molar-refractivity contribution in [2.75, 3.05) is 26.7 Å². The van der Waals surface area contributed by atoms with E-state index in [1.165, 1.54) is 0 Å². The second-order valence-electron chi connectivity index (χ2n) is 5.82. The number of pyridine rings is 1. The van der Waals surface area contributed by atoms with Crippen LogP contribution in [0.15, 0.2) is 53.7 Å². The molecule has 1 aromatic carbocycles. The third kappa shape index (κ3) is 7.01. The minimum atomic E-state index is -0.0478. The van der Waals surface area contributed by atoms with E-state index >= 15 is 0 Å². The molecule has 0 amide bonds. The maximum atomic E-state index is 5.91. The number of nitrogens with zero attached hydrogens (tertiary/aromatic N) is 2. The quantitative estimate of drug-likeness (QED) is 0.534. The number of methoxy groups -OCH3 is 1. The maximum absolute atomic E-state index is 5.91. The van der Waals surface area contributed by atoms with Crippen LogP contribution in [0.25, 0.3) is 0 Å². The molecule has 0 aliphatic rings. The van der Waals surface area contributed by atoms with E-state index < -0.39 is 0 Å². The summed E-state index contributed by atoms with van der Waals surface area (Å²) in [7, 11) is 1.65. The van der Waals surface area contributed by atoms with E-state index in [1.807, 2.05) is 62.5 Å². The van der Waals surface area contributed by atoms with Crippen LogP contribution in [0, 0.1) is 0 Å². The topological polar surface area (TPSA) is 67.8 Å². The standard InChI is InChI=1S/C20H28N4O2/c1-4-21-20(23-13-11-17-8-5-6-12-22-17)24-15-16(2)26-19-10-7-9-18(14-19)25-3/h5-10,12,14,16H,4,11,13,15H2,1-3H3,(H2,21,23,24). The largest absolute Gasteiger partial charge is 0.497 e. The summed E-state index contributed by atoms with van der Waals surface area (Å²) in [6.45, 7) is 6.18. The van der Waals surface area contributed by atoms with E-state index in [2.05, 4.69) is 20.6 Å². The summed E-state index contributed by atoms with van der Waals surface area (Å²) in [5, 5.41) is 6.58. The average Bonchev–Trinajstić information content (AvgIpc) is 2.67. The summed E-state index contributed by atoms with van der Waals surface area (Å²) in [5.41, 5.74) is 1.06. The Kier molecular flexibility index (Phi) is 8.26. The molecule has 1 aromatic heterocycles. The van der Waals surface area contributed by atoms with E-state index in [1.54, 1.807) is 7.11 Å². The van der Waals surface area contributed by atoms with Crippen LogP contribution in [-0.2, 0) is 6.42 Å². The minimum absolute atomic E-state index is 0.0478. The summed E-state index contributed by atoms with van der Waals surface area (Å²) < 4.78 is 11.1. The van der Waals surface area contributed by atoms with Gasteiger partial charge in [-0.3, -0.25) is 4.98 Å². The van der Waals surface area contributed by atoms with Gasteiger partial charge in [0.05, 0.1) is 13.7 Å². The lowest BCUT2D eigenvalue weighted by Crippen LogP contribution is -2.39. The lowest BCUT2D eigenvalue weighted by atomic mass is 10.3. The fraction of sp³-hybridized carbons (Fsp3) is 0.400. The van der Waals surface area contributed by atoms with Gasteiger partial charge in [-0.2, -0.15) is 0 Å². The van der Waals surface area contributed by atoms with Gasteiger partial charge in [0.15, 0.2) is 5.96 Å². The predicted octanol–water partition coefficient (Wildman–Crippen LogP) is 2.66. The van der Waals surface area contributed by atoms with Crippen molar-refractivity contribution in [2.45, 2.75) is 26.4 Å². The van der Waals surface area contributed by atoms with Crippen LogP contribution in [-0.4, -0.2) is 43.8 Å². The van der Waals surface area contributed by atoms with Crippen molar-refractivity contribution in [3.05, 3.63) is 54.4 Å². The fourth-order valence-corrected chi connectivity index (χ4v) is 2.36. The van der Waals surface area contributed by atoms with Crippen molar-refractivity contribution >= 4 is 5.96 Å². The summed E-state index contributed by atoms with van der Waals surface area (Å²) >= 11 is 0. The van der Waals surface area contributed by atoms with E-state index in [0.717, 1.165) is 42.7 Å². The predicted molar refractivity (Wildman–Crippen MR) is 105 cm³/mol. The molecule has 0 spiro atoms. The Morgan fingerprint density at radius 1 is 1.15 bits per heavy atom. The maximum Gasteiger partial charge on any atom is 0.191 e. The third-order valence-electron chi connectivity index (χ3n) is 3.63. The zero-order valence-corrected chi connectivity index (χ0v) is 15.7. The van der Waals surface area contributed by atoms with Gasteiger partial charge in [-0.15, -0.1) is 0 Å². The second kappa shape index (κ2) is 11.0. The number of rotatable bonds is 9. The van der Waals surface area contributed by atoms with Gasteiger partial charge in [-0.05, 0) is 38.1 Å². The molecule has 6 nitrogen and oxygen atoms in total. The van der Waals surface area contributed by atoms with E-state index in [9.17, 15) is 0 Å². The highest BCUT2D eigenvalue weighted by atomic mass is 16.5. The molecule has 2 rings (SSSR count). The molecule has 0 aliphatic heterocycles. The van der Waals surface area contributed by atoms with Crippen molar-refractivity contribution in [2.24, 2.45) is 4.99 Å². The number of nitrogens with one attached hydrogen (secondary N) is 2. The van der Waals surface area contributed by atoms with Gasteiger partial charge in [0.25, 0.3) is 0 Å². The Morgan fingerprint density at radius 2 is 2.00 bits per heavy atom. The number of guanidine groups is 1. The number of hydrogen-bond donors (Lipinski definition) is 2. The lowest BCUT2D eigenvalue weighted by Gasteiger charge is -2.15. The van der Waals surface area contributed by atoms with Gasteiger partial charge < -0.3 is 20.1 Å². The summed E-state index contributed by atoms with van der Waals surface area (Å²) in [5.74, 6) is 2.34. The van der Waals surface area contributed by atoms with Crippen LogP contribution in [0.1, 0.15) is 19.5 Å². The normalized spacial score (nSPS) is 12.3. The third-order valence-corrected chi connectivity index (χ3v) is 3.63. The monoisotopic (exact) mass is 356 g/mol. The molecule has 2 aromatic rings. The highest BCUT2D eigenvalue weighted by molar-refractivity contribution is 5.79. The second-order valence-corrected chi connectivity index (χ2v) is 5.82. The number of aromatic nitrogens is 1. The van der Waals surface area contributed by atoms with Crippen LogP contribution in [0.3, 0.4) is 0 Å². The van der Waals surface area contributed by atoms with Gasteiger partial charge in [-0.1, -0.05) is 12.1 Å². The highest BCUT2D eigenvalue weighted by Crippen LogP contribution is 2.19. The van der Waals surface area contributed by atoms with Gasteiger partial charge in [0.2, 0.25) is 0 Å². The molecular weight excluding hydrogens is 328 g/mol. The molecule has 140 valence electrons. The van der Waals surface area contributed by atoms with E-state index in [-0.39, 0.29) is 6.10 Å². The van der Waals surface area contributed by atoms with Crippen LogP contribution < -0.4 is 20.1 Å². The van der Waals surface area contributed by atoms with Crippen LogP contribution >= 0.6 is 0 Å². The molecule has 0 radical (unpaired) electrons. The molecule has 26 heavy (non-hydrogen) atoms. The van der Waals surface area contributed by atoms with Crippen molar-refractivity contribution < 1.29 is 9.47 Å². The molecule has 1 atom stereocenters. The molecule has 0 fully saturated rings. The van der Waals surface area contributed by atoms with E-state index in [0.29, 0.717) is 6.54 Å². The lowest BCUT2D eigenvalue weighted by molar-refractivity contribution is 0.229. The van der Waals surface area contributed by atoms with Gasteiger partial charge in [0, 0.05) is 37.5 Å². The molecule has 0 saturated heterocycles. The first-order valence-electron chi connectivity index (χ1n) is 8.94.